The summed E-state index contributed by atoms with van der Waals surface area (Å²) in [5.74, 6) is 0.293. The number of hydrogen-bond acceptors (Lipinski definition) is 6. The van der Waals surface area contributed by atoms with Gasteiger partial charge in [-0.05, 0) is 57.7 Å². The summed E-state index contributed by atoms with van der Waals surface area (Å²) in [7, 11) is 1.50. The van der Waals surface area contributed by atoms with Gasteiger partial charge in [-0.1, -0.05) is 12.1 Å². The highest BCUT2D eigenvalue weighted by Gasteiger charge is 2.38. The third kappa shape index (κ3) is 4.08. The number of ketones is 1. The van der Waals surface area contributed by atoms with Crippen LogP contribution in [0.1, 0.15) is 36.3 Å². The molecule has 0 spiro atoms. The summed E-state index contributed by atoms with van der Waals surface area (Å²) in [6.45, 7) is 0.132. The van der Waals surface area contributed by atoms with Gasteiger partial charge in [0.25, 0.3) is 0 Å². The van der Waals surface area contributed by atoms with Crippen molar-refractivity contribution in [3.05, 3.63) is 80.6 Å². The van der Waals surface area contributed by atoms with Crippen LogP contribution in [0.3, 0.4) is 0 Å². The molecule has 1 aliphatic heterocycles. The molecule has 0 saturated carbocycles. The molecule has 0 amide bonds. The van der Waals surface area contributed by atoms with Crippen LogP contribution in [0.25, 0.3) is 0 Å². The van der Waals surface area contributed by atoms with E-state index < -0.39 is 5.92 Å². The second-order valence-electron chi connectivity index (χ2n) is 7.49. The number of nitrogens with two attached hydrogens (primary N) is 1. The second-order valence-corrected chi connectivity index (χ2v) is 8.35. The fourth-order valence-corrected chi connectivity index (χ4v) is 4.59. The van der Waals surface area contributed by atoms with Crippen LogP contribution in [0.2, 0.25) is 0 Å². The lowest BCUT2D eigenvalue weighted by Crippen LogP contribution is -2.27. The number of halogens is 2. The normalized spacial score (nSPS) is 18.1. The van der Waals surface area contributed by atoms with Crippen molar-refractivity contribution in [3.8, 4) is 17.6 Å². The number of nitriles is 1. The maximum atomic E-state index is 13.5. The number of rotatable bonds is 5. The van der Waals surface area contributed by atoms with E-state index in [-0.39, 0.29) is 29.7 Å². The third-order valence-corrected chi connectivity index (χ3v) is 6.05. The average Bonchev–Trinajstić information content (AvgIpc) is 2.77. The summed E-state index contributed by atoms with van der Waals surface area (Å²) in [4.78, 5) is 12.8. The number of benzene rings is 2. The topological polar surface area (TPSA) is 94.6 Å². The van der Waals surface area contributed by atoms with Crippen LogP contribution in [0, 0.1) is 17.1 Å². The number of methoxy groups -OCH3 is 1. The van der Waals surface area contributed by atoms with E-state index in [2.05, 4.69) is 22.0 Å². The molecule has 0 aromatic heterocycles. The molecule has 2 aliphatic rings. The molecule has 8 heteroatoms. The minimum Gasteiger partial charge on any atom is -0.493 e. The first kappa shape index (κ1) is 21.9. The molecule has 32 heavy (non-hydrogen) atoms. The van der Waals surface area contributed by atoms with Crippen molar-refractivity contribution < 1.29 is 23.4 Å². The van der Waals surface area contributed by atoms with Crippen molar-refractivity contribution in [2.45, 2.75) is 31.8 Å². The monoisotopic (exact) mass is 498 g/mol. The molecular formula is C24H20BrFN2O4. The standard InChI is InChI=1S/C24H20BrFN2O4/c1-30-20-10-14(9-17(25)23(20)31-12-13-4-2-5-15(26)8-13)21-16(11-27)24(28)32-19-7-3-6-18(29)22(19)21/h2,4-5,8-10,21H,3,6-7,12,28H2,1H3/t21-/m0/s1. The molecule has 164 valence electrons. The largest absolute Gasteiger partial charge is 0.493 e. The Bertz CT molecular complexity index is 1200. The van der Waals surface area contributed by atoms with Crippen LogP contribution in [-0.4, -0.2) is 12.9 Å². The lowest BCUT2D eigenvalue weighted by Gasteiger charge is -2.31. The molecule has 2 aromatic carbocycles. The maximum Gasteiger partial charge on any atom is 0.205 e. The SMILES string of the molecule is COc1cc([C@H]2C(C#N)=C(N)OC3=C2C(=O)CCC3)cc(Br)c1OCc1cccc(F)c1. The summed E-state index contributed by atoms with van der Waals surface area (Å²) in [6, 6.07) is 11.7. The summed E-state index contributed by atoms with van der Waals surface area (Å²) in [6.07, 6.45) is 1.66. The van der Waals surface area contributed by atoms with Gasteiger partial charge in [-0.25, -0.2) is 4.39 Å². The number of allylic oxidation sites excluding steroid dienone is 3. The molecular weight excluding hydrogens is 479 g/mol. The van der Waals surface area contributed by atoms with Crippen LogP contribution in [0.5, 0.6) is 11.5 Å². The minimum atomic E-state index is -0.654. The van der Waals surface area contributed by atoms with E-state index >= 15 is 0 Å². The number of ether oxygens (including phenoxy) is 3. The summed E-state index contributed by atoms with van der Waals surface area (Å²) < 4.78 is 31.1. The highest BCUT2D eigenvalue weighted by molar-refractivity contribution is 9.10. The Balaban J connectivity index is 1.74. The van der Waals surface area contributed by atoms with Crippen LogP contribution in [0.15, 0.2) is 63.7 Å². The smallest absolute Gasteiger partial charge is 0.205 e. The third-order valence-electron chi connectivity index (χ3n) is 5.46. The predicted octanol–water partition coefficient (Wildman–Crippen LogP) is 4.99. The van der Waals surface area contributed by atoms with Gasteiger partial charge < -0.3 is 19.9 Å². The lowest BCUT2D eigenvalue weighted by molar-refractivity contribution is -0.116. The quantitative estimate of drug-likeness (QED) is 0.623. The van der Waals surface area contributed by atoms with Crippen molar-refractivity contribution in [2.75, 3.05) is 7.11 Å². The van der Waals surface area contributed by atoms with E-state index in [0.29, 0.717) is 57.7 Å². The van der Waals surface area contributed by atoms with E-state index in [1.54, 1.807) is 24.3 Å². The van der Waals surface area contributed by atoms with Gasteiger partial charge in [0.05, 0.1) is 17.5 Å². The molecule has 0 bridgehead atoms. The number of carbonyl (C=O) groups is 1. The molecule has 1 aliphatic carbocycles. The lowest BCUT2D eigenvalue weighted by atomic mass is 9.77. The van der Waals surface area contributed by atoms with Crippen molar-refractivity contribution in [3.63, 3.8) is 0 Å². The van der Waals surface area contributed by atoms with Gasteiger partial charge in [0.1, 0.15) is 29.8 Å². The van der Waals surface area contributed by atoms with E-state index in [0.717, 1.165) is 0 Å². The molecule has 0 fully saturated rings. The van der Waals surface area contributed by atoms with Gasteiger partial charge in [0.2, 0.25) is 5.88 Å². The van der Waals surface area contributed by atoms with E-state index in [1.807, 2.05) is 0 Å². The van der Waals surface area contributed by atoms with Gasteiger partial charge in [-0.2, -0.15) is 5.26 Å². The van der Waals surface area contributed by atoms with Gasteiger partial charge >= 0.3 is 0 Å². The fourth-order valence-electron chi connectivity index (χ4n) is 4.02. The first-order valence-corrected chi connectivity index (χ1v) is 10.8. The molecule has 0 saturated heterocycles. The van der Waals surface area contributed by atoms with Crippen molar-refractivity contribution in [1.82, 2.24) is 0 Å². The Morgan fingerprint density at radius 3 is 2.84 bits per heavy atom. The maximum absolute atomic E-state index is 13.5. The van der Waals surface area contributed by atoms with Crippen molar-refractivity contribution in [1.29, 1.82) is 5.26 Å². The van der Waals surface area contributed by atoms with E-state index in [9.17, 15) is 14.4 Å². The average molecular weight is 499 g/mol. The van der Waals surface area contributed by atoms with Gasteiger partial charge in [-0.15, -0.1) is 0 Å². The second kappa shape index (κ2) is 9.05. The van der Waals surface area contributed by atoms with E-state index in [4.69, 9.17) is 19.9 Å². The Morgan fingerprint density at radius 1 is 1.31 bits per heavy atom. The molecule has 2 aromatic rings. The molecule has 4 rings (SSSR count). The van der Waals surface area contributed by atoms with Crippen LogP contribution >= 0.6 is 15.9 Å². The Kier molecular flexibility index (Phi) is 6.19. The first-order valence-electron chi connectivity index (χ1n) is 10.0. The summed E-state index contributed by atoms with van der Waals surface area (Å²) in [5.41, 5.74) is 7.98. The Labute approximate surface area is 193 Å². The van der Waals surface area contributed by atoms with Gasteiger partial charge in [0, 0.05) is 18.4 Å². The number of hydrogen-bond donors (Lipinski definition) is 1. The minimum absolute atomic E-state index is 0.00692. The highest BCUT2D eigenvalue weighted by Crippen LogP contribution is 2.47. The molecule has 1 heterocycles. The first-order chi connectivity index (χ1) is 15.4. The zero-order chi connectivity index (χ0) is 22.8. The molecule has 6 nitrogen and oxygen atoms in total. The molecule has 0 radical (unpaired) electrons. The number of nitrogens with zero attached hydrogens (tertiary/aromatic N) is 1. The summed E-state index contributed by atoms with van der Waals surface area (Å²) >= 11 is 3.51. The van der Waals surface area contributed by atoms with Crippen molar-refractivity contribution in [2.24, 2.45) is 5.73 Å². The zero-order valence-electron chi connectivity index (χ0n) is 17.3. The van der Waals surface area contributed by atoms with Crippen LogP contribution in [-0.2, 0) is 16.1 Å². The predicted molar refractivity (Wildman–Crippen MR) is 118 cm³/mol. The number of Topliss-reactive ketones (excluding diaryl/α,β-unsaturated/α-hetero) is 1. The molecule has 1 atom stereocenters. The Hall–Kier alpha value is -3.31. The van der Waals surface area contributed by atoms with Gasteiger partial charge in [0.15, 0.2) is 17.3 Å². The molecule has 0 unspecified atom stereocenters. The zero-order valence-corrected chi connectivity index (χ0v) is 18.9. The highest BCUT2D eigenvalue weighted by atomic mass is 79.9. The van der Waals surface area contributed by atoms with Gasteiger partial charge in [-0.3, -0.25) is 4.79 Å². The number of carbonyl (C=O) groups excluding carboxylic acids is 1. The van der Waals surface area contributed by atoms with Crippen molar-refractivity contribution >= 4 is 21.7 Å². The van der Waals surface area contributed by atoms with Crippen LogP contribution < -0.4 is 15.2 Å². The van der Waals surface area contributed by atoms with E-state index in [1.165, 1.54) is 19.2 Å². The van der Waals surface area contributed by atoms with Crippen LogP contribution in [0.4, 0.5) is 4.39 Å². The fraction of sp³-hybridized carbons (Fsp3) is 0.250. The Morgan fingerprint density at radius 2 is 2.12 bits per heavy atom. The summed E-state index contributed by atoms with van der Waals surface area (Å²) in [5, 5.41) is 9.75. The molecule has 2 N–H and O–H groups in total.